The van der Waals surface area contributed by atoms with Crippen molar-refractivity contribution >= 4 is 28.6 Å². The van der Waals surface area contributed by atoms with Crippen LogP contribution in [0.25, 0.3) is 11.4 Å². The zero-order valence-corrected chi connectivity index (χ0v) is 15.8. The lowest BCUT2D eigenvalue weighted by atomic mass is 10.2. The second-order valence-electron chi connectivity index (χ2n) is 5.82. The van der Waals surface area contributed by atoms with Gasteiger partial charge in [0.25, 0.3) is 0 Å². The van der Waals surface area contributed by atoms with Crippen LogP contribution >= 0.6 is 22.7 Å². The fourth-order valence-electron chi connectivity index (χ4n) is 2.40. The number of likely N-dealkylation sites (N-methyl/N-ethyl adjacent to an activating group) is 1. The molecule has 0 aliphatic heterocycles. The summed E-state index contributed by atoms with van der Waals surface area (Å²) in [5, 5.41) is 12.9. The van der Waals surface area contributed by atoms with Gasteiger partial charge in [0.05, 0.1) is 6.04 Å². The maximum atomic E-state index is 12.1. The maximum Gasteiger partial charge on any atom is 0.227 e. The Kier molecular flexibility index (Phi) is 5.95. The molecule has 0 saturated heterocycles. The molecule has 0 saturated carbocycles. The van der Waals surface area contributed by atoms with E-state index < -0.39 is 0 Å². The predicted octanol–water partition coefficient (Wildman–Crippen LogP) is 3.21. The minimum Gasteiger partial charge on any atom is -0.354 e. The molecule has 3 aromatic heterocycles. The third kappa shape index (κ3) is 4.75. The Morgan fingerprint density at radius 3 is 2.92 bits per heavy atom. The second kappa shape index (κ2) is 8.37. The lowest BCUT2D eigenvalue weighted by molar-refractivity contribution is -0.121. The Bertz CT molecular complexity index is 782. The fourth-order valence-corrected chi connectivity index (χ4v) is 3.96. The molecule has 0 bridgehead atoms. The Morgan fingerprint density at radius 2 is 2.24 bits per heavy atom. The molecule has 1 amide bonds. The fraction of sp³-hybridized carbons (Fsp3) is 0.353. The number of thiophene rings is 2. The molecular formula is C17H20N4O2S2. The summed E-state index contributed by atoms with van der Waals surface area (Å²) in [6, 6.07) is 6.24. The summed E-state index contributed by atoms with van der Waals surface area (Å²) in [4.78, 5) is 19.8. The zero-order valence-electron chi connectivity index (χ0n) is 14.1. The van der Waals surface area contributed by atoms with Gasteiger partial charge in [-0.3, -0.25) is 4.79 Å². The van der Waals surface area contributed by atoms with E-state index in [0.29, 0.717) is 31.1 Å². The van der Waals surface area contributed by atoms with Gasteiger partial charge < -0.3 is 14.7 Å². The number of aromatic nitrogens is 2. The standard InChI is InChI=1S/C17H20N4O2S2/c1-21(2)13(14-4-3-8-25-14)10-18-15(22)5-6-16-19-17(20-23-16)12-7-9-24-11-12/h3-4,7-9,11,13H,5-6,10H2,1-2H3,(H,18,22)/t13-/m0/s1. The molecular weight excluding hydrogens is 356 g/mol. The number of nitrogens with one attached hydrogen (secondary N) is 1. The lowest BCUT2D eigenvalue weighted by Crippen LogP contribution is -2.34. The van der Waals surface area contributed by atoms with Crippen LogP contribution in [0, 0.1) is 0 Å². The van der Waals surface area contributed by atoms with Crippen LogP contribution in [0.15, 0.2) is 38.9 Å². The number of nitrogens with zero attached hydrogens (tertiary/aromatic N) is 3. The van der Waals surface area contributed by atoms with E-state index in [2.05, 4.69) is 26.4 Å². The smallest absolute Gasteiger partial charge is 0.227 e. The van der Waals surface area contributed by atoms with Crippen LogP contribution < -0.4 is 5.32 Å². The Labute approximate surface area is 154 Å². The summed E-state index contributed by atoms with van der Waals surface area (Å²) in [7, 11) is 4.03. The van der Waals surface area contributed by atoms with E-state index in [9.17, 15) is 4.79 Å². The van der Waals surface area contributed by atoms with Gasteiger partial charge in [0.15, 0.2) is 0 Å². The van der Waals surface area contributed by atoms with E-state index in [1.807, 2.05) is 42.4 Å². The molecule has 3 aromatic rings. The Balaban J connectivity index is 1.48. The highest BCUT2D eigenvalue weighted by atomic mass is 32.1. The topological polar surface area (TPSA) is 71.3 Å². The lowest BCUT2D eigenvalue weighted by Gasteiger charge is -2.23. The highest BCUT2D eigenvalue weighted by Gasteiger charge is 2.17. The average Bonchev–Trinajstić information content (AvgIpc) is 3.33. The first-order valence-electron chi connectivity index (χ1n) is 7.95. The highest BCUT2D eigenvalue weighted by Crippen LogP contribution is 2.22. The maximum absolute atomic E-state index is 12.1. The molecule has 0 fully saturated rings. The summed E-state index contributed by atoms with van der Waals surface area (Å²) < 4.78 is 5.22. The van der Waals surface area contributed by atoms with Crippen molar-refractivity contribution in [3.05, 3.63) is 45.1 Å². The highest BCUT2D eigenvalue weighted by molar-refractivity contribution is 7.10. The van der Waals surface area contributed by atoms with Gasteiger partial charge in [0.2, 0.25) is 17.6 Å². The molecule has 1 N–H and O–H groups in total. The van der Waals surface area contributed by atoms with Crippen molar-refractivity contribution in [3.63, 3.8) is 0 Å². The number of amides is 1. The van der Waals surface area contributed by atoms with Gasteiger partial charge in [0, 0.05) is 35.2 Å². The largest absolute Gasteiger partial charge is 0.354 e. The summed E-state index contributed by atoms with van der Waals surface area (Å²) in [5.74, 6) is 1.04. The average molecular weight is 377 g/mol. The summed E-state index contributed by atoms with van der Waals surface area (Å²) in [6.45, 7) is 0.580. The zero-order chi connectivity index (χ0) is 17.6. The monoisotopic (exact) mass is 376 g/mol. The minimum atomic E-state index is -0.0151. The van der Waals surface area contributed by atoms with Crippen molar-refractivity contribution < 1.29 is 9.32 Å². The first kappa shape index (κ1) is 17.8. The molecule has 132 valence electrons. The normalized spacial score (nSPS) is 12.4. The summed E-state index contributed by atoms with van der Waals surface area (Å²) >= 11 is 3.28. The summed E-state index contributed by atoms with van der Waals surface area (Å²) in [5.41, 5.74) is 0.939. The van der Waals surface area contributed by atoms with Crippen molar-refractivity contribution in [2.75, 3.05) is 20.6 Å². The number of carbonyl (C=O) groups excluding carboxylic acids is 1. The summed E-state index contributed by atoms with van der Waals surface area (Å²) in [6.07, 6.45) is 0.768. The first-order valence-corrected chi connectivity index (χ1v) is 9.77. The van der Waals surface area contributed by atoms with Crippen LogP contribution in [0.1, 0.15) is 23.2 Å². The van der Waals surface area contributed by atoms with Gasteiger partial charge in [-0.05, 0) is 37.0 Å². The SMILES string of the molecule is CN(C)[C@@H](CNC(=O)CCc1nc(-c2ccsc2)no1)c1cccs1. The van der Waals surface area contributed by atoms with Gasteiger partial charge in [0.1, 0.15) is 0 Å². The van der Waals surface area contributed by atoms with Crippen LogP contribution in [0.2, 0.25) is 0 Å². The Morgan fingerprint density at radius 1 is 1.36 bits per heavy atom. The first-order chi connectivity index (χ1) is 12.1. The molecule has 0 radical (unpaired) electrons. The van der Waals surface area contributed by atoms with Gasteiger partial charge in [-0.15, -0.1) is 11.3 Å². The van der Waals surface area contributed by atoms with Crippen LogP contribution in [0.3, 0.4) is 0 Å². The molecule has 0 aromatic carbocycles. The minimum absolute atomic E-state index is 0.0151. The molecule has 3 rings (SSSR count). The van der Waals surface area contributed by atoms with Gasteiger partial charge >= 0.3 is 0 Å². The third-order valence-corrected chi connectivity index (χ3v) is 5.46. The van der Waals surface area contributed by atoms with Gasteiger partial charge in [-0.2, -0.15) is 16.3 Å². The number of hydrogen-bond donors (Lipinski definition) is 1. The van der Waals surface area contributed by atoms with Crippen molar-refractivity contribution in [2.24, 2.45) is 0 Å². The van der Waals surface area contributed by atoms with Crippen LogP contribution in [-0.2, 0) is 11.2 Å². The molecule has 3 heterocycles. The molecule has 25 heavy (non-hydrogen) atoms. The second-order valence-corrected chi connectivity index (χ2v) is 7.58. The molecule has 6 nitrogen and oxygen atoms in total. The molecule has 0 aliphatic carbocycles. The predicted molar refractivity (Wildman–Crippen MR) is 99.7 cm³/mol. The number of rotatable bonds is 8. The molecule has 0 unspecified atom stereocenters. The molecule has 0 aliphatic rings. The number of carbonyl (C=O) groups is 1. The van der Waals surface area contributed by atoms with Gasteiger partial charge in [-0.25, -0.2) is 0 Å². The van der Waals surface area contributed by atoms with Crippen molar-refractivity contribution in [1.82, 2.24) is 20.4 Å². The van der Waals surface area contributed by atoms with E-state index in [-0.39, 0.29) is 11.9 Å². The molecule has 8 heteroatoms. The Hall–Kier alpha value is -2.03. The number of aryl methyl sites for hydroxylation is 1. The van der Waals surface area contributed by atoms with E-state index >= 15 is 0 Å². The van der Waals surface area contributed by atoms with E-state index in [4.69, 9.17) is 4.52 Å². The quantitative estimate of drug-likeness (QED) is 0.654. The van der Waals surface area contributed by atoms with Crippen LogP contribution in [0.4, 0.5) is 0 Å². The van der Waals surface area contributed by atoms with Crippen LogP contribution in [0.5, 0.6) is 0 Å². The number of hydrogen-bond acceptors (Lipinski definition) is 7. The van der Waals surface area contributed by atoms with E-state index in [0.717, 1.165) is 5.56 Å². The van der Waals surface area contributed by atoms with Gasteiger partial charge in [-0.1, -0.05) is 11.2 Å². The van der Waals surface area contributed by atoms with Crippen molar-refractivity contribution in [3.8, 4) is 11.4 Å². The molecule has 0 spiro atoms. The molecule has 1 atom stereocenters. The third-order valence-electron chi connectivity index (χ3n) is 3.80. The van der Waals surface area contributed by atoms with Crippen LogP contribution in [-0.4, -0.2) is 41.6 Å². The van der Waals surface area contributed by atoms with E-state index in [1.165, 1.54) is 4.88 Å². The van der Waals surface area contributed by atoms with Crippen molar-refractivity contribution in [1.29, 1.82) is 0 Å². The van der Waals surface area contributed by atoms with E-state index in [1.54, 1.807) is 22.7 Å². The van der Waals surface area contributed by atoms with Crippen molar-refractivity contribution in [2.45, 2.75) is 18.9 Å².